The first-order valence-corrected chi connectivity index (χ1v) is 48.3. The minimum atomic E-state index is -3.59. The summed E-state index contributed by atoms with van der Waals surface area (Å²) >= 11 is 0. The third kappa shape index (κ3) is 25.1. The van der Waals surface area contributed by atoms with E-state index in [0.717, 1.165) is 60.4 Å². The number of fused-ring (bicyclic) bond motifs is 1. The molecule has 0 aliphatic carbocycles. The lowest BCUT2D eigenvalue weighted by Crippen LogP contribution is -2.71. The molecule has 0 amide bonds. The first kappa shape index (κ1) is 95.5. The van der Waals surface area contributed by atoms with Crippen molar-refractivity contribution >= 4 is 24.7 Å². The van der Waals surface area contributed by atoms with Crippen LogP contribution >= 0.6 is 0 Å². The molecule has 0 bridgehead atoms. The van der Waals surface area contributed by atoms with Crippen LogP contribution in [0.5, 0.6) is 0 Å². The summed E-state index contributed by atoms with van der Waals surface area (Å²) in [7, 11) is -2.19. The number of unbranched alkanes of at least 4 members (excludes halogenated alkanes) is 2. The zero-order chi connectivity index (χ0) is 90.7. The summed E-state index contributed by atoms with van der Waals surface area (Å²) in [5.74, 6) is -0.315. The molecule has 11 aromatic rings. The second-order valence-corrected chi connectivity index (χ2v) is 39.6. The van der Waals surface area contributed by atoms with Crippen molar-refractivity contribution in [3.8, 4) is 0 Å². The van der Waals surface area contributed by atoms with Crippen LogP contribution in [0.1, 0.15) is 117 Å². The van der Waals surface area contributed by atoms with E-state index in [-0.39, 0.29) is 85.1 Å². The van der Waals surface area contributed by atoms with E-state index in [1.807, 2.05) is 299 Å². The van der Waals surface area contributed by atoms with Gasteiger partial charge in [0.1, 0.15) is 85.5 Å². The van der Waals surface area contributed by atoms with Gasteiger partial charge in [0.25, 0.3) is 8.32 Å². The fourth-order valence-electron chi connectivity index (χ4n) is 18.2. The Morgan fingerprint density at radius 1 is 0.326 bits per heavy atom. The van der Waals surface area contributed by atoms with Crippen LogP contribution in [0.15, 0.2) is 334 Å². The Bertz CT molecular complexity index is 5090. The third-order valence-corrected chi connectivity index (χ3v) is 30.0. The predicted octanol–water partition coefficient (Wildman–Crippen LogP) is 18.2. The molecule has 22 heteroatoms. The van der Waals surface area contributed by atoms with Crippen LogP contribution in [-0.2, 0) is 152 Å². The molecule has 0 spiro atoms. The third-order valence-electron chi connectivity index (χ3n) is 25.0. The molecule has 5 fully saturated rings. The van der Waals surface area contributed by atoms with Crippen molar-refractivity contribution in [3.63, 3.8) is 0 Å². The summed E-state index contributed by atoms with van der Waals surface area (Å²) < 4.78 is 150. The van der Waals surface area contributed by atoms with Crippen molar-refractivity contribution in [3.05, 3.63) is 384 Å². The Morgan fingerprint density at radius 3 is 1.03 bits per heavy atom. The quantitative estimate of drug-likeness (QED) is 0.0198. The second-order valence-electron chi connectivity index (χ2n) is 35.3. The first-order chi connectivity index (χ1) is 64.8. The minimum Gasteiger partial charge on any atom is -0.469 e. The average Bonchev–Trinajstić information content (AvgIpc) is 0.742. The van der Waals surface area contributed by atoms with Gasteiger partial charge in [-0.25, -0.2) is 0 Å². The molecule has 0 radical (unpaired) electrons. The van der Waals surface area contributed by atoms with Gasteiger partial charge in [-0.1, -0.05) is 361 Å². The van der Waals surface area contributed by atoms with Crippen LogP contribution in [0, 0.1) is 0 Å². The number of hydrogen-bond acceptors (Lipinski definition) is 21. The number of hydrogen-bond donors (Lipinski definition) is 0. The molecule has 21 nitrogen and oxygen atoms in total. The number of benzene rings is 11. The zero-order valence-corrected chi connectivity index (χ0v) is 77.1. The minimum absolute atomic E-state index is 0.0310. The molecular weight excluding hydrogens is 1690 g/mol. The maximum absolute atomic E-state index is 12.9. The highest BCUT2D eigenvalue weighted by atomic mass is 28.4. The Morgan fingerprint density at radius 2 is 0.652 bits per heavy atom. The van der Waals surface area contributed by atoms with Crippen LogP contribution in [0.25, 0.3) is 0 Å². The largest absolute Gasteiger partial charge is 0.469 e. The van der Waals surface area contributed by atoms with Crippen LogP contribution in [0.2, 0.25) is 5.04 Å². The zero-order valence-electron chi connectivity index (χ0n) is 76.1. The molecule has 5 heterocycles. The Balaban J connectivity index is 0.904. The van der Waals surface area contributed by atoms with E-state index in [1.165, 1.54) is 7.11 Å². The molecule has 0 aromatic heterocycles. The van der Waals surface area contributed by atoms with Crippen molar-refractivity contribution in [1.29, 1.82) is 0 Å². The smallest absolute Gasteiger partial charge is 0.305 e. The van der Waals surface area contributed by atoms with Gasteiger partial charge in [-0.3, -0.25) is 4.79 Å². The van der Waals surface area contributed by atoms with E-state index in [0.29, 0.717) is 19.3 Å². The fourth-order valence-corrected chi connectivity index (χ4v) is 22.8. The molecule has 132 heavy (non-hydrogen) atoms. The van der Waals surface area contributed by atoms with Crippen LogP contribution in [0.4, 0.5) is 0 Å². The molecule has 11 aromatic carbocycles. The number of ether oxygens (including phenoxy) is 19. The standard InChI is InChI=1S/C110H124O21Si/c1-77-93(114-67-79-43-19-7-20-44-79)97(116-69-81-47-23-9-24-48-81)101(119-72-84-53-29-12-30-54-84)107(124-77)129-96-91(76-123-132(110(3,4)5,88-61-37-16-38-62-88)89-63-39-17-40-64-89)126-106(113-66-42-18-41-65-92(111)112-6)104(131-108-102(120-73-85-55-31-13-32-56-85)98(117-70-82-49-25-10-26-50-82)94(78(2)125-108)115-68-80-45-21-8-22-46-80)100(96)130-109-103(121-74-86-57-33-14-34-58-86)99(118-71-83-51-27-11-28-52-83)95-90(127-109)75-122-105(128-95)87-59-35-15-36-60-87/h7-17,19-40,43-64,77-78,90-91,93-109H,18,41-42,65-76H2,1-6H3/t77-,78-,90+,91+,93+,94+,95-,96-,97+,98+,99-,100-,101-,102-,103+,104+,105?,106+,107-,108-,109+/m0/s1. The SMILES string of the molecule is COC(=O)CCCCCO[C@@H]1O[C@H](CO[Si](c2ccccc2)(c2ccccc2)C(C)(C)C)[C@H](O[C@@H]2O[C@@H](C)[C@@H](OCc3ccccc3)[C@@H](OCc3ccccc3)[C@@H]2OCc2ccccc2)[C@H](O[C@H]2O[C@@H]3COC(c4ccccc4)O[C@@H]3[C@H](OCc3ccccc3)[C@H]2OCc2ccccc2)[C@H]1O[C@@H]1O[C@@H](C)[C@@H](OCc2ccccc2)[C@@H](OCc2ccccc2)[C@@H]1OCc1ccccc1. The van der Waals surface area contributed by atoms with Gasteiger partial charge in [0.2, 0.25) is 0 Å². The highest BCUT2D eigenvalue weighted by Gasteiger charge is 2.61. The lowest BCUT2D eigenvalue weighted by atomic mass is 9.94. The van der Waals surface area contributed by atoms with Gasteiger partial charge < -0.3 is 94.4 Å². The van der Waals surface area contributed by atoms with Gasteiger partial charge in [-0.15, -0.1) is 0 Å². The summed E-state index contributed by atoms with van der Waals surface area (Å²) in [5.41, 5.74) is 8.06. The van der Waals surface area contributed by atoms with Crippen molar-refractivity contribution in [2.45, 2.75) is 247 Å². The maximum atomic E-state index is 12.9. The van der Waals surface area contributed by atoms with Crippen molar-refractivity contribution in [1.82, 2.24) is 0 Å². The normalized spacial score (nSPS) is 26.8. The lowest BCUT2D eigenvalue weighted by Gasteiger charge is -2.54. The molecule has 5 aliphatic rings. The Hall–Kier alpha value is -9.65. The number of rotatable bonds is 43. The average molecular weight is 1810 g/mol. The highest BCUT2D eigenvalue weighted by Crippen LogP contribution is 2.45. The topological polar surface area (TPSA) is 202 Å². The van der Waals surface area contributed by atoms with E-state index in [2.05, 4.69) is 69.3 Å². The Labute approximate surface area is 777 Å². The molecule has 5 aliphatic heterocycles. The van der Waals surface area contributed by atoms with Crippen LogP contribution < -0.4 is 10.4 Å². The van der Waals surface area contributed by atoms with E-state index >= 15 is 0 Å². The summed E-state index contributed by atoms with van der Waals surface area (Å²) in [5, 5.41) is 1.46. The molecule has 0 N–H and O–H groups in total. The summed E-state index contributed by atoms with van der Waals surface area (Å²) in [6.45, 7) is 11.7. The molecule has 1 unspecified atom stereocenters. The van der Waals surface area contributed by atoms with Gasteiger partial charge in [0.15, 0.2) is 31.5 Å². The number of methoxy groups -OCH3 is 1. The Kier molecular flexibility index (Phi) is 34.7. The van der Waals surface area contributed by atoms with Gasteiger partial charge >= 0.3 is 5.97 Å². The highest BCUT2D eigenvalue weighted by molar-refractivity contribution is 6.99. The fraction of sp³-hybridized carbons (Fsp3) is 0.391. The molecule has 5 saturated heterocycles. The summed E-state index contributed by atoms with van der Waals surface area (Å²) in [4.78, 5) is 12.9. The molecular formula is C110H124O21Si. The molecule has 16 rings (SSSR count). The number of carbonyl (C=O) groups excluding carboxylic acids is 1. The number of esters is 1. The van der Waals surface area contributed by atoms with Gasteiger partial charge in [-0.05, 0) is 86.6 Å². The van der Waals surface area contributed by atoms with Crippen LogP contribution in [0.3, 0.4) is 0 Å². The van der Waals surface area contributed by atoms with Crippen LogP contribution in [-0.4, -0.2) is 164 Å². The van der Waals surface area contributed by atoms with E-state index in [9.17, 15) is 4.79 Å². The lowest BCUT2D eigenvalue weighted by molar-refractivity contribution is -0.421. The monoisotopic (exact) mass is 1810 g/mol. The first-order valence-electron chi connectivity index (χ1n) is 46.4. The number of carbonyl (C=O) groups is 1. The van der Waals surface area contributed by atoms with Crippen molar-refractivity contribution in [2.24, 2.45) is 0 Å². The second kappa shape index (κ2) is 48.0. The molecule has 0 saturated carbocycles. The predicted molar refractivity (Wildman–Crippen MR) is 501 cm³/mol. The molecule has 694 valence electrons. The van der Waals surface area contributed by atoms with E-state index < -0.39 is 142 Å². The van der Waals surface area contributed by atoms with E-state index in [4.69, 9.17) is 94.4 Å². The van der Waals surface area contributed by atoms with Crippen molar-refractivity contribution in [2.75, 3.05) is 26.9 Å². The summed E-state index contributed by atoms with van der Waals surface area (Å²) in [6.07, 6.45) is -21.1. The summed E-state index contributed by atoms with van der Waals surface area (Å²) in [6, 6.07) is 111. The van der Waals surface area contributed by atoms with Gasteiger partial charge in [-0.2, -0.15) is 0 Å². The van der Waals surface area contributed by atoms with Gasteiger partial charge in [0.05, 0.1) is 85.4 Å². The van der Waals surface area contributed by atoms with Crippen molar-refractivity contribution < 1.29 is 99.2 Å². The van der Waals surface area contributed by atoms with E-state index in [1.54, 1.807) is 0 Å². The van der Waals surface area contributed by atoms with Gasteiger partial charge in [0, 0.05) is 18.6 Å². The molecule has 21 atom stereocenters. The maximum Gasteiger partial charge on any atom is 0.305 e.